The van der Waals surface area contributed by atoms with E-state index >= 15 is 0 Å². The molecule has 0 aromatic carbocycles. The molecule has 3 nitrogen and oxygen atoms in total. The van der Waals surface area contributed by atoms with Gasteiger partial charge in [0.2, 0.25) is 0 Å². The van der Waals surface area contributed by atoms with Crippen molar-refractivity contribution in [2.75, 3.05) is 0 Å². The lowest BCUT2D eigenvalue weighted by Gasteiger charge is -2.26. The summed E-state index contributed by atoms with van der Waals surface area (Å²) in [5, 5.41) is 10.3. The maximum Gasteiger partial charge on any atom is 0.108 e. The first-order valence-corrected chi connectivity index (χ1v) is 5.80. The van der Waals surface area contributed by atoms with Gasteiger partial charge in [-0.1, -0.05) is 20.3 Å². The Labute approximate surface area is 92.1 Å². The number of aryl methyl sites for hydroxylation is 2. The van der Waals surface area contributed by atoms with E-state index in [0.717, 1.165) is 37.9 Å². The van der Waals surface area contributed by atoms with Crippen molar-refractivity contribution >= 4 is 0 Å². The number of imidazole rings is 1. The molecular formula is C12H22N2O. The Morgan fingerprint density at radius 1 is 1.40 bits per heavy atom. The molecule has 1 heterocycles. The Hall–Kier alpha value is -0.830. The molecule has 0 amide bonds. The summed E-state index contributed by atoms with van der Waals surface area (Å²) in [7, 11) is 1.99. The first kappa shape index (κ1) is 12.2. The van der Waals surface area contributed by atoms with Crippen LogP contribution in [0.1, 0.15) is 45.4 Å². The van der Waals surface area contributed by atoms with Crippen LogP contribution in [0.4, 0.5) is 0 Å². The first-order chi connectivity index (χ1) is 7.11. The van der Waals surface area contributed by atoms with Crippen molar-refractivity contribution in [3.8, 4) is 0 Å². The van der Waals surface area contributed by atoms with Crippen LogP contribution < -0.4 is 0 Å². The van der Waals surface area contributed by atoms with Gasteiger partial charge >= 0.3 is 0 Å². The predicted molar refractivity (Wildman–Crippen MR) is 61.7 cm³/mol. The molecule has 1 aromatic rings. The molecule has 0 aliphatic rings. The zero-order valence-electron chi connectivity index (χ0n) is 10.0. The summed E-state index contributed by atoms with van der Waals surface area (Å²) in [6.45, 7) is 4.16. The molecule has 1 N–H and O–H groups in total. The summed E-state index contributed by atoms with van der Waals surface area (Å²) < 4.78 is 2.02. The van der Waals surface area contributed by atoms with Gasteiger partial charge < -0.3 is 9.67 Å². The second-order valence-electron chi connectivity index (χ2n) is 4.28. The minimum Gasteiger partial charge on any atom is -0.390 e. The molecule has 86 valence electrons. The molecule has 0 radical (unpaired) electrons. The van der Waals surface area contributed by atoms with E-state index < -0.39 is 5.60 Å². The fourth-order valence-corrected chi connectivity index (χ4v) is 1.93. The molecule has 1 unspecified atom stereocenters. The van der Waals surface area contributed by atoms with E-state index in [0.29, 0.717) is 0 Å². The van der Waals surface area contributed by atoms with Crippen LogP contribution >= 0.6 is 0 Å². The highest BCUT2D eigenvalue weighted by Gasteiger charge is 2.23. The molecule has 1 aromatic heterocycles. The summed E-state index contributed by atoms with van der Waals surface area (Å²) in [5.74, 6) is 1.05. The van der Waals surface area contributed by atoms with Crippen molar-refractivity contribution in [2.45, 2.75) is 51.6 Å². The lowest BCUT2D eigenvalue weighted by Crippen LogP contribution is -2.28. The van der Waals surface area contributed by atoms with Crippen LogP contribution in [0, 0.1) is 0 Å². The zero-order valence-corrected chi connectivity index (χ0v) is 10.0. The Morgan fingerprint density at radius 2 is 2.13 bits per heavy atom. The van der Waals surface area contributed by atoms with Crippen molar-refractivity contribution in [1.29, 1.82) is 0 Å². The number of hydrogen-bond donors (Lipinski definition) is 1. The minimum absolute atomic E-state index is 0.499. The van der Waals surface area contributed by atoms with Crippen molar-refractivity contribution in [2.24, 2.45) is 7.05 Å². The molecule has 1 atom stereocenters. The second-order valence-corrected chi connectivity index (χ2v) is 4.28. The molecule has 0 saturated carbocycles. The lowest BCUT2D eigenvalue weighted by molar-refractivity contribution is 0.0179. The van der Waals surface area contributed by atoms with Gasteiger partial charge in [-0.15, -0.1) is 0 Å². The molecule has 0 saturated heterocycles. The minimum atomic E-state index is -0.499. The van der Waals surface area contributed by atoms with E-state index in [2.05, 4.69) is 11.9 Å². The van der Waals surface area contributed by atoms with E-state index in [1.165, 1.54) is 0 Å². The number of nitrogens with zero attached hydrogens (tertiary/aromatic N) is 2. The monoisotopic (exact) mass is 210 g/mol. The maximum atomic E-state index is 10.3. The van der Waals surface area contributed by atoms with Crippen LogP contribution in [0.15, 0.2) is 12.4 Å². The van der Waals surface area contributed by atoms with Gasteiger partial charge in [0.1, 0.15) is 5.82 Å². The zero-order chi connectivity index (χ0) is 11.3. The van der Waals surface area contributed by atoms with Gasteiger partial charge in [-0.3, -0.25) is 0 Å². The van der Waals surface area contributed by atoms with Gasteiger partial charge in [-0.2, -0.15) is 0 Å². The van der Waals surface area contributed by atoms with Crippen molar-refractivity contribution in [3.05, 3.63) is 18.2 Å². The topological polar surface area (TPSA) is 38.1 Å². The third kappa shape index (κ3) is 3.34. The predicted octanol–water partition coefficient (Wildman–Crippen LogP) is 2.29. The van der Waals surface area contributed by atoms with Gasteiger partial charge in [0.15, 0.2) is 0 Å². The fraction of sp³-hybridized carbons (Fsp3) is 0.750. The molecule has 15 heavy (non-hydrogen) atoms. The van der Waals surface area contributed by atoms with E-state index in [-0.39, 0.29) is 0 Å². The molecule has 0 aliphatic carbocycles. The standard InChI is InChI=1S/C12H22N2O/c1-4-7-12(15,5-2)8-6-11-13-9-10-14(11)3/h9-10,15H,4-8H2,1-3H3. The van der Waals surface area contributed by atoms with Crippen LogP contribution in [0.25, 0.3) is 0 Å². The Balaban J connectivity index is 2.51. The maximum absolute atomic E-state index is 10.3. The van der Waals surface area contributed by atoms with Crippen molar-refractivity contribution < 1.29 is 5.11 Å². The third-order valence-electron chi connectivity index (χ3n) is 3.11. The van der Waals surface area contributed by atoms with Crippen molar-refractivity contribution in [1.82, 2.24) is 9.55 Å². The third-order valence-corrected chi connectivity index (χ3v) is 3.11. The van der Waals surface area contributed by atoms with E-state index in [4.69, 9.17) is 0 Å². The first-order valence-electron chi connectivity index (χ1n) is 5.80. The van der Waals surface area contributed by atoms with E-state index in [1.54, 1.807) is 6.20 Å². The van der Waals surface area contributed by atoms with Crippen LogP contribution in [0.5, 0.6) is 0 Å². The largest absolute Gasteiger partial charge is 0.390 e. The quantitative estimate of drug-likeness (QED) is 0.782. The number of rotatable bonds is 6. The van der Waals surface area contributed by atoms with E-state index in [1.807, 2.05) is 24.7 Å². The summed E-state index contributed by atoms with van der Waals surface area (Å²) in [4.78, 5) is 4.27. The van der Waals surface area contributed by atoms with Crippen LogP contribution in [-0.2, 0) is 13.5 Å². The average Bonchev–Trinajstić information content (AvgIpc) is 2.62. The molecule has 1 rings (SSSR count). The molecule has 3 heteroatoms. The van der Waals surface area contributed by atoms with Gasteiger partial charge in [0.05, 0.1) is 5.60 Å². The van der Waals surface area contributed by atoms with Crippen LogP contribution in [0.2, 0.25) is 0 Å². The van der Waals surface area contributed by atoms with Gasteiger partial charge in [-0.25, -0.2) is 4.98 Å². The highest BCUT2D eigenvalue weighted by Crippen LogP contribution is 2.23. The molecule has 0 fully saturated rings. The van der Waals surface area contributed by atoms with Gasteiger partial charge in [0, 0.05) is 25.9 Å². The SMILES string of the molecule is CCCC(O)(CC)CCc1nccn1C. The van der Waals surface area contributed by atoms with Crippen LogP contribution in [-0.4, -0.2) is 20.3 Å². The van der Waals surface area contributed by atoms with Crippen LogP contribution in [0.3, 0.4) is 0 Å². The fourth-order valence-electron chi connectivity index (χ4n) is 1.93. The highest BCUT2D eigenvalue weighted by molar-refractivity contribution is 4.93. The molecule has 0 spiro atoms. The average molecular weight is 210 g/mol. The molecular weight excluding hydrogens is 188 g/mol. The Morgan fingerprint density at radius 3 is 2.60 bits per heavy atom. The summed E-state index contributed by atoms with van der Waals surface area (Å²) in [6.07, 6.45) is 8.15. The number of aliphatic hydroxyl groups is 1. The smallest absolute Gasteiger partial charge is 0.108 e. The molecule has 0 aliphatic heterocycles. The lowest BCUT2D eigenvalue weighted by atomic mass is 9.90. The summed E-state index contributed by atoms with van der Waals surface area (Å²) in [5.41, 5.74) is -0.499. The number of aromatic nitrogens is 2. The summed E-state index contributed by atoms with van der Waals surface area (Å²) >= 11 is 0. The van der Waals surface area contributed by atoms with E-state index in [9.17, 15) is 5.11 Å². The van der Waals surface area contributed by atoms with Gasteiger partial charge in [-0.05, 0) is 19.3 Å². The second kappa shape index (κ2) is 5.31. The number of hydrogen-bond acceptors (Lipinski definition) is 2. The highest BCUT2D eigenvalue weighted by atomic mass is 16.3. The normalized spacial score (nSPS) is 15.2. The summed E-state index contributed by atoms with van der Waals surface area (Å²) in [6, 6.07) is 0. The Kier molecular flexibility index (Phi) is 4.33. The van der Waals surface area contributed by atoms with Crippen molar-refractivity contribution in [3.63, 3.8) is 0 Å². The molecule has 0 bridgehead atoms. The Bertz CT molecular complexity index is 296. The van der Waals surface area contributed by atoms with Gasteiger partial charge in [0.25, 0.3) is 0 Å².